The molecule has 0 unspecified atom stereocenters. The van der Waals surface area contributed by atoms with Crippen LogP contribution in [0.1, 0.15) is 0 Å². The van der Waals surface area contributed by atoms with E-state index < -0.39 is 144 Å². The van der Waals surface area contributed by atoms with Gasteiger partial charge in [-0.3, -0.25) is 0 Å². The normalized spacial score (nSPS) is 11.5. The number of hydrogen-bond donors (Lipinski definition) is 0. The highest BCUT2D eigenvalue weighted by atomic mass is 32.2. The van der Waals surface area contributed by atoms with Crippen molar-refractivity contribution in [1.82, 2.24) is 0 Å². The molecular formula is C67H33BF20OS3. The minimum absolute atomic E-state index is 0.257. The molecule has 25 heteroatoms. The van der Waals surface area contributed by atoms with Crippen molar-refractivity contribution in [3.05, 3.63) is 298 Å². The van der Waals surface area contributed by atoms with Gasteiger partial charge in [-0.15, -0.1) is 21.9 Å². The maximum Gasteiger partial charge on any atom is 0.200 e. The van der Waals surface area contributed by atoms with Gasteiger partial charge in [0.15, 0.2) is 84.5 Å². The van der Waals surface area contributed by atoms with E-state index in [0.717, 1.165) is 5.75 Å². The van der Waals surface area contributed by atoms with Crippen molar-refractivity contribution in [2.45, 2.75) is 34.3 Å². The summed E-state index contributed by atoms with van der Waals surface area (Å²) in [6, 6.07) is 65.3. The SMILES string of the molecule is COc1ccc([S+](c2ccc(Sc3ccc(-c4ccccc4)cc3)cc2)c2ccc(Sc3ccc(-c4ccccc4)cc3)cc2)cc1.Fc1c(F)c(F)c([B-](c2c(F)c(F)c(F)c(F)c2F)(c2c(F)c(F)c(F)c(F)c2F)c2c(F)c(F)c(F)c(F)c2F)c(F)c1F. The Hall–Kier alpha value is -9.07. The largest absolute Gasteiger partial charge is 0.497 e. The molecule has 1 nitrogen and oxygen atoms in total. The van der Waals surface area contributed by atoms with Crippen LogP contribution < -0.4 is 26.6 Å². The van der Waals surface area contributed by atoms with Crippen LogP contribution in [0.4, 0.5) is 87.8 Å². The Labute approximate surface area is 520 Å². The first-order chi connectivity index (χ1) is 43.9. The Morgan fingerprint density at radius 3 is 0.663 bits per heavy atom. The van der Waals surface area contributed by atoms with Gasteiger partial charge < -0.3 is 4.74 Å². The Kier molecular flexibility index (Phi) is 19.3. The van der Waals surface area contributed by atoms with E-state index >= 15 is 35.1 Å². The van der Waals surface area contributed by atoms with E-state index in [-0.39, 0.29) is 10.9 Å². The molecule has 468 valence electrons. The fourth-order valence-electron chi connectivity index (χ4n) is 10.2. The molecule has 0 aliphatic rings. The average molecular weight is 1340 g/mol. The smallest absolute Gasteiger partial charge is 0.200 e. The second-order valence-electron chi connectivity index (χ2n) is 19.7. The summed E-state index contributed by atoms with van der Waals surface area (Å²) in [5.41, 5.74) is -9.38. The van der Waals surface area contributed by atoms with Crippen molar-refractivity contribution in [3.63, 3.8) is 0 Å². The molecule has 92 heavy (non-hydrogen) atoms. The predicted octanol–water partition coefficient (Wildman–Crippen LogP) is 18.3. The van der Waals surface area contributed by atoms with E-state index in [1.165, 1.54) is 56.5 Å². The van der Waals surface area contributed by atoms with E-state index in [1.807, 2.05) is 0 Å². The quantitative estimate of drug-likeness (QED) is 0.0353. The standard InChI is InChI=1S/C43H33OS3.C24BF20/c1-44-36-16-26-41(27-17-36)47(42-28-22-39(23-29-42)45-37-18-12-34(13-19-37)32-8-4-2-5-9-32)43-30-24-40(25-31-43)46-38-20-14-35(15-21-38)33-10-6-3-7-11-33;26-5-1(6(27)14(35)21(42)13(5)34)25(2-7(28)15(36)22(43)16(37)8(2)29,3-9(30)17(38)23(44)18(39)10(3)31)4-11(32)19(40)24(45)20(41)12(4)33/h2-31H,1H3;/q+1;-1. The second kappa shape index (κ2) is 27.0. The lowest BCUT2D eigenvalue weighted by Gasteiger charge is -2.44. The summed E-state index contributed by atoms with van der Waals surface area (Å²) in [7, 11) is 1.46. The van der Waals surface area contributed by atoms with Crippen molar-refractivity contribution < 1.29 is 92.5 Å². The first-order valence-corrected chi connectivity index (χ1v) is 29.3. The molecule has 0 bridgehead atoms. The maximum atomic E-state index is 15.4. The van der Waals surface area contributed by atoms with Gasteiger partial charge in [-0.05, 0) is 119 Å². The minimum atomic E-state index is -7.22. The molecule has 11 rings (SSSR count). The molecule has 0 aliphatic carbocycles. The molecule has 0 spiro atoms. The van der Waals surface area contributed by atoms with E-state index in [2.05, 4.69) is 182 Å². The lowest BCUT2D eigenvalue weighted by Crippen LogP contribution is -2.81. The molecule has 11 aromatic carbocycles. The molecule has 0 saturated heterocycles. The number of ether oxygens (including phenoxy) is 1. The topological polar surface area (TPSA) is 9.23 Å². The highest BCUT2D eigenvalue weighted by Gasteiger charge is 2.52. The first-order valence-electron chi connectivity index (χ1n) is 26.4. The predicted molar refractivity (Wildman–Crippen MR) is 309 cm³/mol. The number of halogens is 20. The summed E-state index contributed by atoms with van der Waals surface area (Å²) in [6.07, 6.45) is -7.22. The van der Waals surface area contributed by atoms with Crippen LogP contribution in [0.5, 0.6) is 5.75 Å². The Morgan fingerprint density at radius 1 is 0.239 bits per heavy atom. The van der Waals surface area contributed by atoms with Crippen molar-refractivity contribution in [3.8, 4) is 28.0 Å². The van der Waals surface area contributed by atoms with E-state index in [9.17, 15) is 52.7 Å². The second-order valence-corrected chi connectivity index (χ2v) is 24.0. The first kappa shape index (κ1) is 65.9. The van der Waals surface area contributed by atoms with Crippen molar-refractivity contribution in [1.29, 1.82) is 0 Å². The van der Waals surface area contributed by atoms with Gasteiger partial charge in [0.2, 0.25) is 0 Å². The van der Waals surface area contributed by atoms with Crippen LogP contribution in [-0.2, 0) is 10.9 Å². The molecular weight excluding hydrogens is 1310 g/mol. The highest BCUT2D eigenvalue weighted by Crippen LogP contribution is 2.39. The lowest BCUT2D eigenvalue weighted by atomic mass is 9.12. The van der Waals surface area contributed by atoms with E-state index in [4.69, 9.17) is 4.74 Å². The molecule has 0 fully saturated rings. The minimum Gasteiger partial charge on any atom is -0.497 e. The van der Waals surface area contributed by atoms with Gasteiger partial charge in [0, 0.05) is 19.6 Å². The van der Waals surface area contributed by atoms with Crippen LogP contribution in [0.2, 0.25) is 0 Å². The molecule has 0 N–H and O–H groups in total. The van der Waals surface area contributed by atoms with E-state index in [0.29, 0.717) is 0 Å². The van der Waals surface area contributed by atoms with Crippen LogP contribution in [0.25, 0.3) is 22.3 Å². The third-order valence-corrected chi connectivity index (χ3v) is 18.8. The Bertz CT molecular complexity index is 4060. The molecule has 0 heterocycles. The van der Waals surface area contributed by atoms with Crippen molar-refractivity contribution in [2.24, 2.45) is 0 Å². The fourth-order valence-corrected chi connectivity index (χ4v) is 13.9. The van der Waals surface area contributed by atoms with Crippen LogP contribution in [0.3, 0.4) is 0 Å². The summed E-state index contributed by atoms with van der Waals surface area (Å²) in [6.45, 7) is 0. The van der Waals surface area contributed by atoms with Gasteiger partial charge in [-0.25, -0.2) is 87.8 Å². The van der Waals surface area contributed by atoms with Gasteiger partial charge in [0.25, 0.3) is 0 Å². The number of benzene rings is 11. The molecule has 0 aliphatic heterocycles. The highest BCUT2D eigenvalue weighted by molar-refractivity contribution is 7.99. The number of hydrogen-bond acceptors (Lipinski definition) is 3. The molecule has 0 saturated carbocycles. The van der Waals surface area contributed by atoms with Crippen LogP contribution in [0, 0.1) is 116 Å². The zero-order valence-electron chi connectivity index (χ0n) is 46.1. The summed E-state index contributed by atoms with van der Waals surface area (Å²) in [4.78, 5) is 8.75. The summed E-state index contributed by atoms with van der Waals surface area (Å²) in [5.74, 6) is -70.5. The van der Waals surface area contributed by atoms with Crippen molar-refractivity contribution >= 4 is 62.4 Å². The number of rotatable bonds is 14. The van der Waals surface area contributed by atoms with Gasteiger partial charge in [-0.1, -0.05) is 108 Å². The molecule has 0 radical (unpaired) electrons. The van der Waals surface area contributed by atoms with Gasteiger partial charge >= 0.3 is 0 Å². The lowest BCUT2D eigenvalue weighted by molar-refractivity contribution is 0.378. The van der Waals surface area contributed by atoms with Gasteiger partial charge in [0.05, 0.1) is 18.0 Å². The third kappa shape index (κ3) is 12.1. The molecule has 11 aromatic rings. The maximum absolute atomic E-state index is 15.4. The van der Waals surface area contributed by atoms with Gasteiger partial charge in [-0.2, -0.15) is 0 Å². The van der Waals surface area contributed by atoms with Crippen LogP contribution in [-0.4, -0.2) is 13.3 Å². The summed E-state index contributed by atoms with van der Waals surface area (Å²) >= 11 is 3.59. The van der Waals surface area contributed by atoms with Crippen molar-refractivity contribution in [2.75, 3.05) is 7.11 Å². The van der Waals surface area contributed by atoms with E-state index in [1.54, 1.807) is 30.6 Å². The summed E-state index contributed by atoms with van der Waals surface area (Å²) < 4.78 is 299. The Morgan fingerprint density at radius 2 is 0.435 bits per heavy atom. The summed E-state index contributed by atoms with van der Waals surface area (Å²) in [5, 5.41) is 0. The van der Waals surface area contributed by atoms with Gasteiger partial charge in [0.1, 0.15) is 58.4 Å². The van der Waals surface area contributed by atoms with Crippen LogP contribution in [0.15, 0.2) is 216 Å². The fraction of sp³-hybridized carbons (Fsp3) is 0.0149. The zero-order valence-corrected chi connectivity index (χ0v) is 48.5. The zero-order chi connectivity index (χ0) is 66.2. The third-order valence-electron chi connectivity index (χ3n) is 14.5. The average Bonchev–Trinajstić information content (AvgIpc) is 0.682. The molecule has 0 aromatic heterocycles. The van der Waals surface area contributed by atoms with Crippen LogP contribution >= 0.6 is 23.5 Å². The molecule has 0 atom stereocenters. The Balaban J connectivity index is 0.000000202. The molecule has 0 amide bonds. The monoisotopic (exact) mass is 1340 g/mol. The number of methoxy groups -OCH3 is 1.